The number of sulfone groups is 1. The third-order valence-corrected chi connectivity index (χ3v) is 5.52. The molecule has 4 nitrogen and oxygen atoms in total. The number of benzene rings is 2. The summed E-state index contributed by atoms with van der Waals surface area (Å²) < 4.78 is 82.9. The minimum Gasteiger partial charge on any atom is -0.488 e. The van der Waals surface area contributed by atoms with Crippen molar-refractivity contribution in [3.05, 3.63) is 59.2 Å². The molecule has 132 valence electrons. The minimum atomic E-state index is -5.34. The van der Waals surface area contributed by atoms with Crippen molar-refractivity contribution in [3.63, 3.8) is 0 Å². The standard InChI is InChI=1S/C16H10F4O4S/c17-15(18)12-10(24-8-9-4-2-1-3-5-9)6-7-11-13(12)14(21)16(19,20)25(11,22)23/h1-7,15H,8H2. The highest BCUT2D eigenvalue weighted by atomic mass is 32.2. The van der Waals surface area contributed by atoms with Crippen LogP contribution in [0.3, 0.4) is 0 Å². The summed E-state index contributed by atoms with van der Waals surface area (Å²) in [6.07, 6.45) is -3.37. The van der Waals surface area contributed by atoms with Crippen molar-refractivity contribution in [1.29, 1.82) is 0 Å². The Hall–Kier alpha value is -2.42. The molecule has 0 bridgehead atoms. The largest absolute Gasteiger partial charge is 0.488 e. The number of rotatable bonds is 4. The Morgan fingerprint density at radius 1 is 1.04 bits per heavy atom. The number of alkyl halides is 4. The first-order valence-corrected chi connectivity index (χ1v) is 8.45. The van der Waals surface area contributed by atoms with Crippen LogP contribution in [0.15, 0.2) is 47.4 Å². The molecule has 2 aromatic carbocycles. The van der Waals surface area contributed by atoms with E-state index in [9.17, 15) is 30.8 Å². The maximum Gasteiger partial charge on any atom is 0.411 e. The van der Waals surface area contributed by atoms with Crippen LogP contribution in [-0.2, 0) is 16.4 Å². The van der Waals surface area contributed by atoms with Crippen LogP contribution >= 0.6 is 0 Å². The average molecular weight is 374 g/mol. The maximum absolute atomic E-state index is 13.7. The predicted octanol–water partition coefficient (Wildman–Crippen LogP) is 3.77. The molecule has 0 aliphatic carbocycles. The van der Waals surface area contributed by atoms with Crippen molar-refractivity contribution in [2.45, 2.75) is 23.2 Å². The Morgan fingerprint density at radius 2 is 1.68 bits per heavy atom. The van der Waals surface area contributed by atoms with Gasteiger partial charge < -0.3 is 4.74 Å². The zero-order valence-corrected chi connectivity index (χ0v) is 13.2. The Balaban J connectivity index is 2.09. The normalized spacial score (nSPS) is 17.6. The third kappa shape index (κ3) is 2.58. The molecule has 0 aromatic heterocycles. The number of hydrogen-bond acceptors (Lipinski definition) is 4. The van der Waals surface area contributed by atoms with Crippen molar-refractivity contribution < 1.29 is 35.5 Å². The molecule has 0 N–H and O–H groups in total. The van der Waals surface area contributed by atoms with E-state index in [2.05, 4.69) is 0 Å². The Morgan fingerprint density at radius 3 is 2.28 bits per heavy atom. The highest BCUT2D eigenvalue weighted by Gasteiger charge is 2.62. The van der Waals surface area contributed by atoms with Crippen LogP contribution in [0.5, 0.6) is 5.75 Å². The molecule has 1 aliphatic rings. The van der Waals surface area contributed by atoms with Crippen molar-refractivity contribution in [3.8, 4) is 5.75 Å². The van der Waals surface area contributed by atoms with Gasteiger partial charge in [-0.3, -0.25) is 4.79 Å². The summed E-state index contributed by atoms with van der Waals surface area (Å²) >= 11 is 0. The van der Waals surface area contributed by atoms with Crippen LogP contribution < -0.4 is 4.74 Å². The highest BCUT2D eigenvalue weighted by Crippen LogP contribution is 2.47. The summed E-state index contributed by atoms with van der Waals surface area (Å²) in [6, 6.07) is 9.96. The lowest BCUT2D eigenvalue weighted by Crippen LogP contribution is -2.30. The van der Waals surface area contributed by atoms with E-state index in [4.69, 9.17) is 4.74 Å². The molecule has 25 heavy (non-hydrogen) atoms. The number of ketones is 1. The summed E-state index contributed by atoms with van der Waals surface area (Å²) in [5, 5.41) is -4.77. The molecular formula is C16H10F4O4S. The summed E-state index contributed by atoms with van der Waals surface area (Å²) in [4.78, 5) is 10.7. The Bertz CT molecular complexity index is 940. The average Bonchev–Trinajstić information content (AvgIpc) is 2.71. The fourth-order valence-corrected chi connectivity index (χ4v) is 3.86. The van der Waals surface area contributed by atoms with E-state index < -0.39 is 49.1 Å². The number of Topliss-reactive ketones (excluding diaryl/α,β-unsaturated/α-hetero) is 1. The Kier molecular flexibility index (Phi) is 4.06. The van der Waals surface area contributed by atoms with E-state index in [1.54, 1.807) is 30.3 Å². The molecule has 2 aromatic rings. The van der Waals surface area contributed by atoms with Gasteiger partial charge in [0.05, 0.1) is 16.0 Å². The maximum atomic E-state index is 13.7. The predicted molar refractivity (Wildman–Crippen MR) is 78.6 cm³/mol. The quantitative estimate of drug-likeness (QED) is 0.765. The van der Waals surface area contributed by atoms with Crippen LogP contribution in [0.1, 0.15) is 27.9 Å². The van der Waals surface area contributed by atoms with E-state index >= 15 is 0 Å². The highest BCUT2D eigenvalue weighted by molar-refractivity contribution is 7.94. The second-order valence-electron chi connectivity index (χ2n) is 5.27. The van der Waals surface area contributed by atoms with Gasteiger partial charge in [-0.2, -0.15) is 8.78 Å². The van der Waals surface area contributed by atoms with Crippen LogP contribution in [0, 0.1) is 0 Å². The summed E-state index contributed by atoms with van der Waals surface area (Å²) in [7, 11) is -5.34. The Labute approximate surface area is 140 Å². The van der Waals surface area contributed by atoms with Gasteiger partial charge in [0.15, 0.2) is 0 Å². The zero-order chi connectivity index (χ0) is 18.4. The van der Waals surface area contributed by atoms with Gasteiger partial charge in [0.1, 0.15) is 12.4 Å². The van der Waals surface area contributed by atoms with Gasteiger partial charge in [0.2, 0.25) is 5.78 Å². The fraction of sp³-hybridized carbons (Fsp3) is 0.188. The fourth-order valence-electron chi connectivity index (χ4n) is 2.52. The lowest BCUT2D eigenvalue weighted by atomic mass is 10.0. The van der Waals surface area contributed by atoms with Gasteiger partial charge in [-0.1, -0.05) is 30.3 Å². The van der Waals surface area contributed by atoms with Gasteiger partial charge in [-0.25, -0.2) is 17.2 Å². The van der Waals surface area contributed by atoms with Gasteiger partial charge in [0.25, 0.3) is 16.3 Å². The van der Waals surface area contributed by atoms with Crippen LogP contribution in [-0.4, -0.2) is 19.5 Å². The zero-order valence-electron chi connectivity index (χ0n) is 12.4. The number of carbonyl (C=O) groups is 1. The molecule has 0 unspecified atom stereocenters. The number of hydrogen-bond donors (Lipinski definition) is 0. The monoisotopic (exact) mass is 374 g/mol. The van der Waals surface area contributed by atoms with Crippen LogP contribution in [0.25, 0.3) is 0 Å². The third-order valence-electron chi connectivity index (χ3n) is 3.74. The molecule has 0 fully saturated rings. The first kappa shape index (κ1) is 17.4. The molecule has 0 amide bonds. The first-order chi connectivity index (χ1) is 11.7. The van der Waals surface area contributed by atoms with E-state index in [0.29, 0.717) is 11.6 Å². The van der Waals surface area contributed by atoms with Crippen LogP contribution in [0.2, 0.25) is 0 Å². The summed E-state index contributed by atoms with van der Waals surface area (Å²) in [6.45, 7) is -0.156. The number of carbonyl (C=O) groups excluding carboxylic acids is 1. The molecule has 3 rings (SSSR count). The van der Waals surface area contributed by atoms with Gasteiger partial charge in [0, 0.05) is 0 Å². The topological polar surface area (TPSA) is 60.4 Å². The molecule has 1 aliphatic heterocycles. The molecule has 9 heteroatoms. The van der Waals surface area contributed by atoms with Gasteiger partial charge in [-0.15, -0.1) is 0 Å². The second kappa shape index (κ2) is 5.83. The van der Waals surface area contributed by atoms with Crippen molar-refractivity contribution >= 4 is 15.6 Å². The van der Waals surface area contributed by atoms with Crippen molar-refractivity contribution in [1.82, 2.24) is 0 Å². The number of fused-ring (bicyclic) bond motifs is 1. The molecular weight excluding hydrogens is 364 g/mol. The van der Waals surface area contributed by atoms with E-state index in [1.165, 1.54) is 0 Å². The van der Waals surface area contributed by atoms with E-state index in [1.807, 2.05) is 0 Å². The molecule has 0 spiro atoms. The number of ether oxygens (including phenoxy) is 1. The minimum absolute atomic E-state index is 0.156. The van der Waals surface area contributed by atoms with Gasteiger partial charge >= 0.3 is 5.25 Å². The number of halogens is 4. The molecule has 1 heterocycles. The summed E-state index contributed by atoms with van der Waals surface area (Å²) in [5.41, 5.74) is -1.72. The van der Waals surface area contributed by atoms with E-state index in [0.717, 1.165) is 6.07 Å². The lowest BCUT2D eigenvalue weighted by Gasteiger charge is -2.13. The van der Waals surface area contributed by atoms with E-state index in [-0.39, 0.29) is 6.61 Å². The lowest BCUT2D eigenvalue weighted by molar-refractivity contribution is 0.0540. The summed E-state index contributed by atoms with van der Waals surface area (Å²) in [5.74, 6) is -2.68. The van der Waals surface area contributed by atoms with Crippen molar-refractivity contribution in [2.24, 2.45) is 0 Å². The molecule has 0 saturated heterocycles. The van der Waals surface area contributed by atoms with Gasteiger partial charge in [-0.05, 0) is 17.7 Å². The first-order valence-electron chi connectivity index (χ1n) is 6.97. The molecule has 0 saturated carbocycles. The van der Waals surface area contributed by atoms with Crippen molar-refractivity contribution in [2.75, 3.05) is 0 Å². The molecule has 0 radical (unpaired) electrons. The molecule has 0 atom stereocenters. The second-order valence-corrected chi connectivity index (χ2v) is 7.23. The smallest absolute Gasteiger partial charge is 0.411 e. The SMILES string of the molecule is O=C1c2c(ccc(OCc3ccccc3)c2C(F)F)S(=O)(=O)C1(F)F. The van der Waals surface area contributed by atoms with Crippen LogP contribution in [0.4, 0.5) is 17.6 Å².